The van der Waals surface area contributed by atoms with Crippen LogP contribution in [0.15, 0.2) is 36.4 Å². The second-order valence-corrected chi connectivity index (χ2v) is 4.62. The van der Waals surface area contributed by atoms with Crippen molar-refractivity contribution in [3.05, 3.63) is 47.0 Å². The molecule has 0 aliphatic heterocycles. The summed E-state index contributed by atoms with van der Waals surface area (Å²) in [6.07, 6.45) is 0. The van der Waals surface area contributed by atoms with E-state index in [1.807, 2.05) is 0 Å². The largest absolute Gasteiger partial charge is 0.398 e. The topological polar surface area (TPSA) is 96.7 Å². The molecule has 0 fully saturated rings. The van der Waals surface area contributed by atoms with Crippen molar-refractivity contribution in [1.82, 2.24) is 15.4 Å². The number of benzene rings is 2. The first-order valence-corrected chi connectivity index (χ1v) is 6.18. The third kappa shape index (κ3) is 2.28. The molecule has 0 saturated heterocycles. The SMILES string of the molecule is Nc1ccc(NC(=O)c2ccc3n[nH]nc3c2)cc1Cl. The smallest absolute Gasteiger partial charge is 0.255 e. The molecule has 100 valence electrons. The molecular weight excluding hydrogens is 278 g/mol. The van der Waals surface area contributed by atoms with E-state index in [0.29, 0.717) is 33.0 Å². The van der Waals surface area contributed by atoms with Gasteiger partial charge in [-0.3, -0.25) is 4.79 Å². The highest BCUT2D eigenvalue weighted by molar-refractivity contribution is 6.33. The second-order valence-electron chi connectivity index (χ2n) is 4.22. The van der Waals surface area contributed by atoms with E-state index in [0.717, 1.165) is 0 Å². The summed E-state index contributed by atoms with van der Waals surface area (Å²) in [5.74, 6) is -0.254. The van der Waals surface area contributed by atoms with E-state index in [2.05, 4.69) is 20.7 Å². The molecular formula is C13H10ClN5O. The Hall–Kier alpha value is -2.60. The summed E-state index contributed by atoms with van der Waals surface area (Å²) in [5.41, 5.74) is 8.49. The average Bonchev–Trinajstić information content (AvgIpc) is 2.90. The summed E-state index contributed by atoms with van der Waals surface area (Å²) in [7, 11) is 0. The molecule has 7 heteroatoms. The Labute approximate surface area is 118 Å². The number of nitrogen functional groups attached to an aromatic ring is 1. The van der Waals surface area contributed by atoms with Gasteiger partial charge in [0.05, 0.1) is 10.7 Å². The molecule has 6 nitrogen and oxygen atoms in total. The van der Waals surface area contributed by atoms with Crippen molar-refractivity contribution in [3.63, 3.8) is 0 Å². The molecule has 1 heterocycles. The number of H-pyrrole nitrogens is 1. The molecule has 0 saturated carbocycles. The standard InChI is InChI=1S/C13H10ClN5O/c14-9-6-8(2-3-10(9)15)16-13(20)7-1-4-11-12(5-7)18-19-17-11/h1-6H,15H2,(H,16,20)(H,17,18,19). The second kappa shape index (κ2) is 4.82. The summed E-state index contributed by atoms with van der Waals surface area (Å²) in [6, 6.07) is 9.99. The molecule has 0 radical (unpaired) electrons. The molecule has 20 heavy (non-hydrogen) atoms. The van der Waals surface area contributed by atoms with E-state index in [4.69, 9.17) is 17.3 Å². The van der Waals surface area contributed by atoms with Crippen LogP contribution >= 0.6 is 11.6 Å². The molecule has 1 aromatic heterocycles. The summed E-state index contributed by atoms with van der Waals surface area (Å²) in [4.78, 5) is 12.1. The maximum atomic E-state index is 12.1. The van der Waals surface area contributed by atoms with E-state index >= 15 is 0 Å². The van der Waals surface area contributed by atoms with Crippen LogP contribution in [0.4, 0.5) is 11.4 Å². The van der Waals surface area contributed by atoms with Crippen LogP contribution in [0.5, 0.6) is 0 Å². The van der Waals surface area contributed by atoms with Crippen LogP contribution in [-0.2, 0) is 0 Å². The van der Waals surface area contributed by atoms with E-state index in [1.54, 1.807) is 36.4 Å². The number of rotatable bonds is 2. The third-order valence-corrected chi connectivity index (χ3v) is 3.16. The van der Waals surface area contributed by atoms with Gasteiger partial charge in [0.2, 0.25) is 0 Å². The number of carbonyl (C=O) groups excluding carboxylic acids is 1. The zero-order chi connectivity index (χ0) is 14.1. The highest BCUT2D eigenvalue weighted by Gasteiger charge is 2.09. The summed E-state index contributed by atoms with van der Waals surface area (Å²) in [5, 5.41) is 13.5. The normalized spacial score (nSPS) is 10.7. The van der Waals surface area contributed by atoms with Crippen LogP contribution in [0.1, 0.15) is 10.4 Å². The number of amides is 1. The molecule has 2 aromatic carbocycles. The van der Waals surface area contributed by atoms with E-state index in [-0.39, 0.29) is 5.91 Å². The highest BCUT2D eigenvalue weighted by atomic mass is 35.5. The third-order valence-electron chi connectivity index (χ3n) is 2.84. The average molecular weight is 288 g/mol. The molecule has 0 unspecified atom stereocenters. The number of nitrogens with zero attached hydrogens (tertiary/aromatic N) is 2. The Morgan fingerprint density at radius 1 is 1.15 bits per heavy atom. The molecule has 0 bridgehead atoms. The van der Waals surface area contributed by atoms with Crippen molar-refractivity contribution in [2.24, 2.45) is 0 Å². The van der Waals surface area contributed by atoms with Gasteiger partial charge >= 0.3 is 0 Å². The van der Waals surface area contributed by atoms with Gasteiger partial charge in [-0.25, -0.2) is 0 Å². The van der Waals surface area contributed by atoms with Crippen molar-refractivity contribution in [3.8, 4) is 0 Å². The number of nitrogens with one attached hydrogen (secondary N) is 2. The number of halogens is 1. The summed E-state index contributed by atoms with van der Waals surface area (Å²) in [6.45, 7) is 0. The monoisotopic (exact) mass is 287 g/mol. The first kappa shape index (κ1) is 12.4. The summed E-state index contributed by atoms with van der Waals surface area (Å²) < 4.78 is 0. The van der Waals surface area contributed by atoms with Gasteiger partial charge < -0.3 is 11.1 Å². The molecule has 0 spiro atoms. The van der Waals surface area contributed by atoms with Gasteiger partial charge in [-0.05, 0) is 36.4 Å². The van der Waals surface area contributed by atoms with Crippen LogP contribution in [0.3, 0.4) is 0 Å². The maximum absolute atomic E-state index is 12.1. The van der Waals surface area contributed by atoms with Gasteiger partial charge in [-0.2, -0.15) is 15.4 Å². The van der Waals surface area contributed by atoms with Crippen LogP contribution in [0.2, 0.25) is 5.02 Å². The number of hydrogen-bond donors (Lipinski definition) is 3. The molecule has 4 N–H and O–H groups in total. The Kier molecular flexibility index (Phi) is 3.00. The minimum absolute atomic E-state index is 0.254. The maximum Gasteiger partial charge on any atom is 0.255 e. The molecule has 0 aliphatic carbocycles. The van der Waals surface area contributed by atoms with Gasteiger partial charge in [-0.1, -0.05) is 11.6 Å². The lowest BCUT2D eigenvalue weighted by molar-refractivity contribution is 0.102. The number of hydrogen-bond acceptors (Lipinski definition) is 4. The number of aromatic nitrogens is 3. The fourth-order valence-corrected chi connectivity index (χ4v) is 1.97. The van der Waals surface area contributed by atoms with Crippen LogP contribution < -0.4 is 11.1 Å². The van der Waals surface area contributed by atoms with Crippen LogP contribution in [0.25, 0.3) is 11.0 Å². The first-order valence-electron chi connectivity index (χ1n) is 5.80. The Bertz CT molecular complexity index is 798. The molecule has 0 aliphatic rings. The van der Waals surface area contributed by atoms with Gasteiger partial charge in [0.1, 0.15) is 11.0 Å². The molecule has 0 atom stereocenters. The predicted molar refractivity (Wildman–Crippen MR) is 77.7 cm³/mol. The van der Waals surface area contributed by atoms with Crippen molar-refractivity contribution in [2.75, 3.05) is 11.1 Å². The van der Waals surface area contributed by atoms with Crippen LogP contribution in [0, 0.1) is 0 Å². The lowest BCUT2D eigenvalue weighted by Crippen LogP contribution is -2.11. The minimum Gasteiger partial charge on any atom is -0.398 e. The predicted octanol–water partition coefficient (Wildman–Crippen LogP) is 2.45. The van der Waals surface area contributed by atoms with Crippen molar-refractivity contribution < 1.29 is 4.79 Å². The number of aromatic amines is 1. The number of carbonyl (C=O) groups is 1. The number of nitrogens with two attached hydrogens (primary N) is 1. The fraction of sp³-hybridized carbons (Fsp3) is 0. The van der Waals surface area contributed by atoms with Gasteiger partial charge in [0.15, 0.2) is 0 Å². The van der Waals surface area contributed by atoms with Crippen LogP contribution in [-0.4, -0.2) is 21.3 Å². The van der Waals surface area contributed by atoms with E-state index in [1.165, 1.54) is 0 Å². The lowest BCUT2D eigenvalue weighted by Gasteiger charge is -2.06. The van der Waals surface area contributed by atoms with Crippen molar-refractivity contribution >= 4 is 39.9 Å². The molecule has 3 aromatic rings. The number of anilines is 2. The van der Waals surface area contributed by atoms with Gasteiger partial charge in [-0.15, -0.1) is 0 Å². The zero-order valence-electron chi connectivity index (χ0n) is 10.2. The summed E-state index contributed by atoms with van der Waals surface area (Å²) >= 11 is 5.91. The van der Waals surface area contributed by atoms with Crippen molar-refractivity contribution in [2.45, 2.75) is 0 Å². The highest BCUT2D eigenvalue weighted by Crippen LogP contribution is 2.23. The fourth-order valence-electron chi connectivity index (χ4n) is 1.79. The Morgan fingerprint density at radius 3 is 2.75 bits per heavy atom. The zero-order valence-corrected chi connectivity index (χ0v) is 11.0. The lowest BCUT2D eigenvalue weighted by atomic mass is 10.2. The quantitative estimate of drug-likeness (QED) is 0.631. The van der Waals surface area contributed by atoms with Gasteiger partial charge in [0.25, 0.3) is 5.91 Å². The minimum atomic E-state index is -0.254. The van der Waals surface area contributed by atoms with E-state index < -0.39 is 0 Å². The molecule has 1 amide bonds. The Morgan fingerprint density at radius 2 is 1.95 bits per heavy atom. The van der Waals surface area contributed by atoms with E-state index in [9.17, 15) is 4.79 Å². The molecule has 3 rings (SSSR count). The van der Waals surface area contributed by atoms with Crippen molar-refractivity contribution in [1.29, 1.82) is 0 Å². The Balaban J connectivity index is 1.86. The number of fused-ring (bicyclic) bond motifs is 1. The van der Waals surface area contributed by atoms with Gasteiger partial charge in [0, 0.05) is 11.3 Å². The first-order chi connectivity index (χ1) is 9.63.